The number of rotatable bonds is 18. The summed E-state index contributed by atoms with van der Waals surface area (Å²) < 4.78 is 0. The van der Waals surface area contributed by atoms with E-state index in [1.807, 2.05) is 0 Å². The van der Waals surface area contributed by atoms with Crippen molar-refractivity contribution < 1.29 is 48.9 Å². The standard InChI is InChI=1S/C24H43N9O10/c1-10(29-20(39)11(2)30-22(41)17(12(3)34)31-14(5)36)19(38)28-9-16(37)32-15(7-6-8-27-24(25)26)21(40)33-18(13(4)35)23(42)43/h10-13,15,17-18,34-35H,6-9H2,1-5H3,(H,28,38)(H,29,39)(H,30,41)(H,31,36)(H,32,37)(H,33,40)(H,42,43)(H4,25,26,27)/t10-,11-,12+,13+,15-,17-,18-/m0/s1. The van der Waals surface area contributed by atoms with Crippen molar-refractivity contribution in [3.63, 3.8) is 0 Å². The van der Waals surface area contributed by atoms with Gasteiger partial charge < -0.3 is 58.7 Å². The van der Waals surface area contributed by atoms with Crippen LogP contribution in [0.4, 0.5) is 0 Å². The van der Waals surface area contributed by atoms with Gasteiger partial charge in [0.25, 0.3) is 0 Å². The number of aliphatic imine (C=N–C) groups is 1. The minimum absolute atomic E-state index is 0.0254. The van der Waals surface area contributed by atoms with Crippen molar-refractivity contribution in [1.82, 2.24) is 31.9 Å². The zero-order valence-electron chi connectivity index (χ0n) is 24.7. The summed E-state index contributed by atoms with van der Waals surface area (Å²) >= 11 is 0. The maximum Gasteiger partial charge on any atom is 0.328 e. The van der Waals surface area contributed by atoms with Crippen LogP contribution < -0.4 is 43.4 Å². The Hall–Kier alpha value is -4.52. The molecule has 0 saturated heterocycles. The number of aliphatic hydroxyl groups excluding tert-OH is 2. The number of carboxylic acid groups (broad SMARTS) is 1. The van der Waals surface area contributed by atoms with Crippen LogP contribution in [0.15, 0.2) is 4.99 Å². The molecular formula is C24H43N9O10. The van der Waals surface area contributed by atoms with Crippen molar-refractivity contribution in [2.75, 3.05) is 13.1 Å². The molecule has 19 nitrogen and oxygen atoms in total. The number of guanidine groups is 1. The molecule has 7 atom stereocenters. The molecule has 0 aromatic carbocycles. The number of aliphatic carboxylic acids is 1. The second kappa shape index (κ2) is 18.8. The predicted molar refractivity (Wildman–Crippen MR) is 151 cm³/mol. The fraction of sp³-hybridized carbons (Fsp3) is 0.667. The Morgan fingerprint density at radius 2 is 1.26 bits per heavy atom. The number of aliphatic hydroxyl groups is 2. The van der Waals surface area contributed by atoms with E-state index < -0.39 is 90.4 Å². The summed E-state index contributed by atoms with van der Waals surface area (Å²) in [5.74, 6) is -6.42. The largest absolute Gasteiger partial charge is 0.480 e. The molecule has 19 heteroatoms. The van der Waals surface area contributed by atoms with E-state index in [1.165, 1.54) is 20.8 Å². The Labute approximate surface area is 248 Å². The first-order chi connectivity index (χ1) is 19.9. The molecule has 0 aliphatic carbocycles. The Morgan fingerprint density at radius 3 is 1.74 bits per heavy atom. The number of nitrogens with one attached hydrogen (secondary N) is 6. The number of hydrogen-bond acceptors (Lipinski definition) is 10. The van der Waals surface area contributed by atoms with Crippen LogP contribution in [0.3, 0.4) is 0 Å². The monoisotopic (exact) mass is 617 g/mol. The Bertz CT molecular complexity index is 1050. The first-order valence-corrected chi connectivity index (χ1v) is 13.3. The zero-order chi connectivity index (χ0) is 33.4. The van der Waals surface area contributed by atoms with Crippen molar-refractivity contribution >= 4 is 47.4 Å². The number of hydrogen-bond donors (Lipinski definition) is 11. The van der Waals surface area contributed by atoms with Gasteiger partial charge in [0.05, 0.1) is 18.8 Å². The molecule has 0 aliphatic rings. The molecule has 0 aromatic rings. The summed E-state index contributed by atoms with van der Waals surface area (Å²) in [6, 6.07) is -6.58. The van der Waals surface area contributed by atoms with E-state index in [0.717, 1.165) is 13.8 Å². The molecule has 0 saturated carbocycles. The van der Waals surface area contributed by atoms with E-state index >= 15 is 0 Å². The summed E-state index contributed by atoms with van der Waals surface area (Å²) in [4.78, 5) is 88.8. The number of nitrogens with two attached hydrogens (primary N) is 2. The summed E-state index contributed by atoms with van der Waals surface area (Å²) in [5.41, 5.74) is 10.5. The number of carbonyl (C=O) groups is 7. The average Bonchev–Trinajstić information content (AvgIpc) is 2.89. The second-order valence-corrected chi connectivity index (χ2v) is 9.73. The Balaban J connectivity index is 5.13. The lowest BCUT2D eigenvalue weighted by Crippen LogP contribution is -2.58. The van der Waals surface area contributed by atoms with Gasteiger partial charge in [-0.25, -0.2) is 4.79 Å². The van der Waals surface area contributed by atoms with Gasteiger partial charge in [-0.15, -0.1) is 0 Å². The minimum Gasteiger partial charge on any atom is -0.480 e. The van der Waals surface area contributed by atoms with Crippen LogP contribution in [0.2, 0.25) is 0 Å². The van der Waals surface area contributed by atoms with Crippen LogP contribution in [0.5, 0.6) is 0 Å². The van der Waals surface area contributed by atoms with E-state index in [2.05, 4.69) is 36.9 Å². The lowest BCUT2D eigenvalue weighted by Gasteiger charge is -2.23. The van der Waals surface area contributed by atoms with Crippen LogP contribution >= 0.6 is 0 Å². The van der Waals surface area contributed by atoms with E-state index in [-0.39, 0.29) is 25.3 Å². The zero-order valence-corrected chi connectivity index (χ0v) is 24.7. The maximum atomic E-state index is 12.7. The highest BCUT2D eigenvalue weighted by molar-refractivity contribution is 5.95. The van der Waals surface area contributed by atoms with E-state index in [4.69, 9.17) is 11.5 Å². The highest BCUT2D eigenvalue weighted by Crippen LogP contribution is 2.02. The predicted octanol–water partition coefficient (Wildman–Crippen LogP) is -5.51. The fourth-order valence-electron chi connectivity index (χ4n) is 3.38. The van der Waals surface area contributed by atoms with Crippen LogP contribution in [0.1, 0.15) is 47.5 Å². The van der Waals surface area contributed by atoms with E-state index in [1.54, 1.807) is 0 Å². The molecule has 0 rings (SSSR count). The quantitative estimate of drug-likeness (QED) is 0.0390. The van der Waals surface area contributed by atoms with Gasteiger partial charge in [-0.05, 0) is 40.5 Å². The van der Waals surface area contributed by atoms with Crippen molar-refractivity contribution in [2.45, 2.75) is 89.9 Å². The fourth-order valence-corrected chi connectivity index (χ4v) is 3.38. The van der Waals surface area contributed by atoms with Gasteiger partial charge >= 0.3 is 5.97 Å². The molecule has 0 spiro atoms. The van der Waals surface area contributed by atoms with Gasteiger partial charge in [0.1, 0.15) is 24.2 Å². The van der Waals surface area contributed by atoms with Gasteiger partial charge in [0, 0.05) is 13.5 Å². The van der Waals surface area contributed by atoms with Gasteiger partial charge in [-0.1, -0.05) is 0 Å². The summed E-state index contributed by atoms with van der Waals surface area (Å²) in [7, 11) is 0. The minimum atomic E-state index is -1.65. The SMILES string of the molecule is CC(=O)N[C@H](C(=O)N[C@@H](C)C(=O)N[C@@H](C)C(=O)NCC(=O)N[C@@H](CCCN=C(N)N)C(=O)N[C@H](C(=O)O)[C@@H](C)O)[C@@H](C)O. The Kier molecular flexibility index (Phi) is 16.8. The molecule has 0 fully saturated rings. The molecule has 0 aromatic heterocycles. The number of carbonyl (C=O) groups excluding carboxylic acids is 6. The van der Waals surface area contributed by atoms with Crippen molar-refractivity contribution in [3.05, 3.63) is 0 Å². The van der Waals surface area contributed by atoms with Gasteiger partial charge in [-0.2, -0.15) is 0 Å². The van der Waals surface area contributed by atoms with Gasteiger partial charge in [0.2, 0.25) is 35.4 Å². The highest BCUT2D eigenvalue weighted by Gasteiger charge is 2.30. The third-order valence-corrected chi connectivity index (χ3v) is 5.69. The molecule has 0 aliphatic heterocycles. The molecule has 244 valence electrons. The first-order valence-electron chi connectivity index (χ1n) is 13.3. The number of amides is 6. The topological polar surface area (TPSA) is 317 Å². The number of carboxylic acids is 1. The lowest BCUT2D eigenvalue weighted by molar-refractivity contribution is -0.145. The molecule has 13 N–H and O–H groups in total. The van der Waals surface area contributed by atoms with Gasteiger partial charge in [0.15, 0.2) is 12.0 Å². The Morgan fingerprint density at radius 1 is 0.721 bits per heavy atom. The maximum absolute atomic E-state index is 12.7. The lowest BCUT2D eigenvalue weighted by atomic mass is 10.1. The molecule has 0 radical (unpaired) electrons. The summed E-state index contributed by atoms with van der Waals surface area (Å²) in [6.45, 7) is 5.66. The highest BCUT2D eigenvalue weighted by atomic mass is 16.4. The third-order valence-electron chi connectivity index (χ3n) is 5.69. The van der Waals surface area contributed by atoms with Crippen LogP contribution in [-0.2, 0) is 33.6 Å². The van der Waals surface area contributed by atoms with Crippen LogP contribution in [0.25, 0.3) is 0 Å². The normalized spacial score (nSPS) is 15.5. The van der Waals surface area contributed by atoms with Crippen LogP contribution in [-0.4, -0.2) is 118 Å². The third kappa shape index (κ3) is 15.3. The molecule has 0 unspecified atom stereocenters. The second-order valence-electron chi connectivity index (χ2n) is 9.73. The van der Waals surface area contributed by atoms with E-state index in [9.17, 15) is 48.9 Å². The molecule has 0 heterocycles. The van der Waals surface area contributed by atoms with Crippen molar-refractivity contribution in [2.24, 2.45) is 16.5 Å². The average molecular weight is 618 g/mol. The van der Waals surface area contributed by atoms with Crippen LogP contribution in [0, 0.1) is 0 Å². The molecule has 0 bridgehead atoms. The van der Waals surface area contributed by atoms with Crippen molar-refractivity contribution in [1.29, 1.82) is 0 Å². The smallest absolute Gasteiger partial charge is 0.328 e. The van der Waals surface area contributed by atoms with Gasteiger partial charge in [-0.3, -0.25) is 33.8 Å². The number of nitrogens with zero attached hydrogens (tertiary/aromatic N) is 1. The molecular weight excluding hydrogens is 574 g/mol. The molecule has 43 heavy (non-hydrogen) atoms. The first kappa shape index (κ1) is 38.5. The summed E-state index contributed by atoms with van der Waals surface area (Å²) in [6.07, 6.45) is -2.52. The van der Waals surface area contributed by atoms with Crippen molar-refractivity contribution in [3.8, 4) is 0 Å². The van der Waals surface area contributed by atoms with E-state index in [0.29, 0.717) is 0 Å². The molecule has 6 amide bonds. The summed E-state index contributed by atoms with van der Waals surface area (Å²) in [5, 5.41) is 42.2.